The smallest absolute Gasteiger partial charge is 0.445 e. The number of carbonyl (C=O) groups excluding carboxylic acids is 4. The van der Waals surface area contributed by atoms with Crippen LogP contribution in [0.2, 0.25) is 0 Å². The van der Waals surface area contributed by atoms with Crippen molar-refractivity contribution in [2.45, 2.75) is 32.3 Å². The highest BCUT2D eigenvalue weighted by Gasteiger charge is 2.33. The van der Waals surface area contributed by atoms with Gasteiger partial charge < -0.3 is 14.8 Å². The van der Waals surface area contributed by atoms with E-state index in [2.05, 4.69) is 10.2 Å². The molecule has 9 nitrogen and oxygen atoms in total. The average Bonchev–Trinajstić information content (AvgIpc) is 2.95. The van der Waals surface area contributed by atoms with Gasteiger partial charge in [-0.05, 0) is 18.4 Å². The Labute approximate surface area is 150 Å². The molecule has 0 aromatic heterocycles. The standard InChI is InChI=1S/C17H20N2O7/c20-14-8-9-15(21)19(14)26-17(23)24-11-5-4-10-18-16(22)25-12-13-6-2-1-3-7-13/h1-3,6-7H,4-5,8-12H2,(H,18,22). The van der Waals surface area contributed by atoms with E-state index in [1.165, 1.54) is 0 Å². The number of unbranched alkanes of at least 4 members (excludes halogenated alkanes) is 1. The maximum Gasteiger partial charge on any atom is 0.533 e. The van der Waals surface area contributed by atoms with E-state index in [9.17, 15) is 19.2 Å². The van der Waals surface area contributed by atoms with E-state index in [0.717, 1.165) is 5.56 Å². The van der Waals surface area contributed by atoms with Gasteiger partial charge in [-0.3, -0.25) is 14.4 Å². The van der Waals surface area contributed by atoms with Crippen molar-refractivity contribution in [3.05, 3.63) is 35.9 Å². The zero-order valence-electron chi connectivity index (χ0n) is 14.1. The Bertz CT molecular complexity index is 632. The Balaban J connectivity index is 1.48. The molecule has 1 aromatic rings. The molecule has 2 rings (SSSR count). The molecule has 0 spiro atoms. The number of hydrogen-bond acceptors (Lipinski definition) is 7. The highest BCUT2D eigenvalue weighted by Crippen LogP contribution is 2.12. The summed E-state index contributed by atoms with van der Waals surface area (Å²) in [6, 6.07) is 9.30. The topological polar surface area (TPSA) is 111 Å². The average molecular weight is 364 g/mol. The van der Waals surface area contributed by atoms with Crippen molar-refractivity contribution in [2.75, 3.05) is 13.2 Å². The van der Waals surface area contributed by atoms with Gasteiger partial charge in [0.1, 0.15) is 6.61 Å². The van der Waals surface area contributed by atoms with Crippen molar-refractivity contribution in [1.82, 2.24) is 10.4 Å². The van der Waals surface area contributed by atoms with Crippen molar-refractivity contribution >= 4 is 24.1 Å². The van der Waals surface area contributed by atoms with E-state index in [0.29, 0.717) is 24.4 Å². The molecule has 1 aliphatic heterocycles. The predicted molar refractivity (Wildman–Crippen MR) is 87.4 cm³/mol. The van der Waals surface area contributed by atoms with Gasteiger partial charge in [0.05, 0.1) is 6.61 Å². The van der Waals surface area contributed by atoms with Gasteiger partial charge >= 0.3 is 12.2 Å². The molecular formula is C17H20N2O7. The number of ether oxygens (including phenoxy) is 2. The van der Waals surface area contributed by atoms with Gasteiger partial charge in [0, 0.05) is 19.4 Å². The fourth-order valence-corrected chi connectivity index (χ4v) is 2.11. The lowest BCUT2D eigenvalue weighted by Crippen LogP contribution is -2.32. The zero-order chi connectivity index (χ0) is 18.8. The highest BCUT2D eigenvalue weighted by atomic mass is 16.8. The van der Waals surface area contributed by atoms with Crippen LogP contribution >= 0.6 is 0 Å². The summed E-state index contributed by atoms with van der Waals surface area (Å²) in [5.41, 5.74) is 0.893. The maximum absolute atomic E-state index is 11.5. The minimum atomic E-state index is -1.11. The molecule has 1 N–H and O–H groups in total. The van der Waals surface area contributed by atoms with Crippen molar-refractivity contribution in [2.24, 2.45) is 0 Å². The van der Waals surface area contributed by atoms with Crippen LogP contribution in [0.3, 0.4) is 0 Å². The second-order valence-corrected chi connectivity index (χ2v) is 5.47. The Kier molecular flexibility index (Phi) is 7.41. The van der Waals surface area contributed by atoms with Crippen LogP contribution in [0.5, 0.6) is 0 Å². The lowest BCUT2D eigenvalue weighted by atomic mass is 10.2. The van der Waals surface area contributed by atoms with Gasteiger partial charge in [0.2, 0.25) is 0 Å². The van der Waals surface area contributed by atoms with Crippen molar-refractivity contribution in [1.29, 1.82) is 0 Å². The molecule has 9 heteroatoms. The van der Waals surface area contributed by atoms with E-state index >= 15 is 0 Å². The van der Waals surface area contributed by atoms with E-state index < -0.39 is 24.1 Å². The lowest BCUT2D eigenvalue weighted by Gasteiger charge is -2.12. The fraction of sp³-hybridized carbons (Fsp3) is 0.412. The first kappa shape index (κ1) is 19.2. The second-order valence-electron chi connectivity index (χ2n) is 5.47. The van der Waals surface area contributed by atoms with Gasteiger partial charge in [0.15, 0.2) is 0 Å². The van der Waals surface area contributed by atoms with Crippen LogP contribution in [0.15, 0.2) is 30.3 Å². The summed E-state index contributed by atoms with van der Waals surface area (Å²) in [7, 11) is 0. The molecule has 0 atom stereocenters. The Morgan fingerprint density at radius 2 is 1.69 bits per heavy atom. The third-order valence-electron chi connectivity index (χ3n) is 3.44. The predicted octanol–water partition coefficient (Wildman–Crippen LogP) is 1.91. The summed E-state index contributed by atoms with van der Waals surface area (Å²) >= 11 is 0. The molecule has 1 aromatic carbocycles. The van der Waals surface area contributed by atoms with Gasteiger partial charge in [-0.15, -0.1) is 0 Å². The number of imide groups is 1. The number of hydroxylamine groups is 2. The van der Waals surface area contributed by atoms with E-state index in [4.69, 9.17) is 9.47 Å². The van der Waals surface area contributed by atoms with Crippen molar-refractivity contribution in [3.8, 4) is 0 Å². The number of hydrogen-bond donors (Lipinski definition) is 1. The first-order valence-corrected chi connectivity index (χ1v) is 8.21. The molecule has 1 heterocycles. The number of nitrogens with zero attached hydrogens (tertiary/aromatic N) is 1. The molecule has 0 saturated carbocycles. The third kappa shape index (κ3) is 6.42. The number of rotatable bonds is 8. The quantitative estimate of drug-likeness (QED) is 0.426. The molecule has 0 aliphatic carbocycles. The Hall–Kier alpha value is -3.10. The molecule has 1 saturated heterocycles. The first-order valence-electron chi connectivity index (χ1n) is 8.21. The second kappa shape index (κ2) is 10.0. The molecular weight excluding hydrogens is 344 g/mol. The molecule has 3 amide bonds. The number of nitrogens with one attached hydrogen (secondary N) is 1. The molecule has 1 aliphatic rings. The highest BCUT2D eigenvalue weighted by molar-refractivity contribution is 6.01. The molecule has 0 radical (unpaired) electrons. The zero-order valence-corrected chi connectivity index (χ0v) is 14.1. The SMILES string of the molecule is O=C(NCCCCOC(=O)ON1C(=O)CCC1=O)OCc1ccccc1. The first-order chi connectivity index (χ1) is 12.6. The molecule has 0 bridgehead atoms. The summed E-state index contributed by atoms with van der Waals surface area (Å²) in [6.07, 6.45) is -0.564. The number of amides is 3. The van der Waals surface area contributed by atoms with Crippen LogP contribution < -0.4 is 5.32 Å². The normalized spacial score (nSPS) is 13.5. The minimum absolute atomic E-state index is 0.0259. The van der Waals surface area contributed by atoms with Crippen LogP contribution in [-0.2, 0) is 30.5 Å². The largest absolute Gasteiger partial charge is 0.533 e. The minimum Gasteiger partial charge on any atom is -0.445 e. The number of benzene rings is 1. The van der Waals surface area contributed by atoms with E-state index in [1.807, 2.05) is 30.3 Å². The van der Waals surface area contributed by atoms with Crippen LogP contribution in [-0.4, -0.2) is 42.3 Å². The molecule has 140 valence electrons. The van der Waals surface area contributed by atoms with Crippen molar-refractivity contribution < 1.29 is 33.5 Å². The molecule has 26 heavy (non-hydrogen) atoms. The molecule has 0 unspecified atom stereocenters. The van der Waals surface area contributed by atoms with Crippen molar-refractivity contribution in [3.63, 3.8) is 0 Å². The monoisotopic (exact) mass is 364 g/mol. The summed E-state index contributed by atoms with van der Waals surface area (Å²) < 4.78 is 9.80. The van der Waals surface area contributed by atoms with Crippen LogP contribution in [0, 0.1) is 0 Å². The fourth-order valence-electron chi connectivity index (χ4n) is 2.11. The Morgan fingerprint density at radius 1 is 1.00 bits per heavy atom. The summed E-state index contributed by atoms with van der Waals surface area (Å²) in [5, 5.41) is 3.00. The van der Waals surface area contributed by atoms with Gasteiger partial charge in [-0.2, -0.15) is 0 Å². The number of alkyl carbamates (subject to hydrolysis) is 1. The Morgan fingerprint density at radius 3 is 2.38 bits per heavy atom. The van der Waals surface area contributed by atoms with Crippen LogP contribution in [0.4, 0.5) is 9.59 Å². The summed E-state index contributed by atoms with van der Waals surface area (Å²) in [5.74, 6) is -1.13. The van der Waals surface area contributed by atoms with Crippen LogP contribution in [0.25, 0.3) is 0 Å². The van der Waals surface area contributed by atoms with E-state index in [-0.39, 0.29) is 26.1 Å². The van der Waals surface area contributed by atoms with Crippen LogP contribution in [0.1, 0.15) is 31.2 Å². The van der Waals surface area contributed by atoms with Gasteiger partial charge in [-0.25, -0.2) is 9.59 Å². The maximum atomic E-state index is 11.5. The summed E-state index contributed by atoms with van der Waals surface area (Å²) in [6.45, 7) is 0.584. The van der Waals surface area contributed by atoms with E-state index in [1.54, 1.807) is 0 Å². The lowest BCUT2D eigenvalue weighted by molar-refractivity contribution is -0.177. The van der Waals surface area contributed by atoms with Gasteiger partial charge in [0.25, 0.3) is 11.8 Å². The van der Waals surface area contributed by atoms with Gasteiger partial charge in [-0.1, -0.05) is 35.4 Å². The summed E-state index contributed by atoms with van der Waals surface area (Å²) in [4.78, 5) is 49.9. The number of carbonyl (C=O) groups is 4. The third-order valence-corrected chi connectivity index (χ3v) is 3.44. The molecule has 1 fully saturated rings.